The number of carbonyl (C=O) groups excluding carboxylic acids is 2. The van der Waals surface area contributed by atoms with E-state index in [0.29, 0.717) is 6.42 Å². The zero-order valence-corrected chi connectivity index (χ0v) is 12.1. The molecule has 0 fully saturated rings. The summed E-state index contributed by atoms with van der Waals surface area (Å²) in [6.07, 6.45) is 0.523. The van der Waals surface area contributed by atoms with Crippen molar-refractivity contribution >= 4 is 11.9 Å². The van der Waals surface area contributed by atoms with Gasteiger partial charge in [-0.2, -0.15) is 0 Å². The molecule has 0 aromatic rings. The van der Waals surface area contributed by atoms with Crippen LogP contribution in [0.3, 0.4) is 0 Å². The summed E-state index contributed by atoms with van der Waals surface area (Å²) in [5, 5.41) is 21.5. The zero-order valence-electron chi connectivity index (χ0n) is 10.1. The van der Waals surface area contributed by atoms with Crippen molar-refractivity contribution in [1.82, 2.24) is 0 Å². The monoisotopic (exact) mass is 216 g/mol. The zero-order chi connectivity index (χ0) is 10.6. The van der Waals surface area contributed by atoms with E-state index in [9.17, 15) is 19.8 Å². The number of aliphatic carboxylic acids is 2. The third-order valence-electron chi connectivity index (χ3n) is 2.36. The van der Waals surface area contributed by atoms with E-state index in [1.807, 2.05) is 0 Å². The first-order valence-corrected chi connectivity index (χ1v) is 4.32. The molecule has 0 saturated heterocycles. The summed E-state index contributed by atoms with van der Waals surface area (Å²) in [5.41, 5.74) is -1.84. The summed E-state index contributed by atoms with van der Waals surface area (Å²) in [6.45, 7) is 4.81. The molecule has 15 heavy (non-hydrogen) atoms. The number of carboxylic acid groups (broad SMARTS) is 2. The molecule has 0 aliphatic heterocycles. The van der Waals surface area contributed by atoms with Gasteiger partial charge in [0.15, 0.2) is 0 Å². The van der Waals surface area contributed by atoms with E-state index in [0.717, 1.165) is 0 Å². The van der Waals surface area contributed by atoms with E-state index in [1.54, 1.807) is 20.8 Å². The maximum absolute atomic E-state index is 10.8. The fourth-order valence-electron chi connectivity index (χ4n) is 1.44. The largest absolute Gasteiger partial charge is 1.00 e. The molecule has 0 atom stereocenters. The Balaban J connectivity index is -0.000000720. The Labute approximate surface area is 124 Å². The van der Waals surface area contributed by atoms with Crippen LogP contribution in [0.2, 0.25) is 0 Å². The molecule has 0 aliphatic rings. The van der Waals surface area contributed by atoms with Crippen LogP contribution >= 0.6 is 0 Å². The fraction of sp³-hybridized carbons (Fsp3) is 0.778. The summed E-state index contributed by atoms with van der Waals surface area (Å²) < 4.78 is 0. The minimum absolute atomic E-state index is 0. The van der Waals surface area contributed by atoms with Crippen LogP contribution in [-0.2, 0) is 9.59 Å². The van der Waals surface area contributed by atoms with Crippen LogP contribution in [0.1, 0.15) is 33.6 Å². The normalized spacial score (nSPS) is 10.1. The van der Waals surface area contributed by atoms with Crippen LogP contribution in [0, 0.1) is 11.3 Å². The second kappa shape index (κ2) is 8.66. The van der Waals surface area contributed by atoms with Crippen LogP contribution in [0.4, 0.5) is 0 Å². The third-order valence-corrected chi connectivity index (χ3v) is 2.36. The van der Waals surface area contributed by atoms with Crippen LogP contribution in [0.5, 0.6) is 0 Å². The van der Waals surface area contributed by atoms with E-state index in [-0.39, 0.29) is 54.8 Å². The van der Waals surface area contributed by atoms with Gasteiger partial charge in [-0.25, -0.2) is 0 Å². The number of carboxylic acids is 2. The van der Waals surface area contributed by atoms with Crippen molar-refractivity contribution in [1.29, 1.82) is 0 Å². The van der Waals surface area contributed by atoms with Crippen molar-refractivity contribution in [3.8, 4) is 0 Å². The summed E-state index contributed by atoms with van der Waals surface area (Å²) in [6, 6.07) is 0. The number of rotatable bonds is 5. The second-order valence-corrected chi connectivity index (χ2v) is 3.45. The maximum Gasteiger partial charge on any atom is 1.00 e. The first kappa shape index (κ1) is 20.9. The van der Waals surface area contributed by atoms with Crippen molar-refractivity contribution in [2.75, 3.05) is 0 Å². The molecule has 0 heterocycles. The first-order chi connectivity index (χ1) is 5.89. The van der Waals surface area contributed by atoms with Crippen molar-refractivity contribution < 1.29 is 68.2 Å². The topological polar surface area (TPSA) is 80.3 Å². The average Bonchev–Trinajstić information content (AvgIpc) is 1.97. The second-order valence-electron chi connectivity index (χ2n) is 3.45. The Morgan fingerprint density at radius 2 is 1.53 bits per heavy atom. The molecule has 6 heteroatoms. The molecule has 0 N–H and O–H groups in total. The molecular formula is C9H14LiNaO4. The maximum atomic E-state index is 10.8. The van der Waals surface area contributed by atoms with Gasteiger partial charge in [-0.1, -0.05) is 27.2 Å². The third kappa shape index (κ3) is 4.50. The predicted molar refractivity (Wildman–Crippen MR) is 42.2 cm³/mol. The Hall–Kier alpha value is 0.537. The van der Waals surface area contributed by atoms with Gasteiger partial charge in [0, 0.05) is 0 Å². The van der Waals surface area contributed by atoms with E-state index < -0.39 is 23.3 Å². The Morgan fingerprint density at radius 1 is 1.20 bits per heavy atom. The van der Waals surface area contributed by atoms with Crippen LogP contribution in [-0.4, -0.2) is 11.9 Å². The van der Waals surface area contributed by atoms with E-state index in [2.05, 4.69) is 0 Å². The molecule has 0 bridgehead atoms. The van der Waals surface area contributed by atoms with E-state index in [4.69, 9.17) is 0 Å². The smallest absolute Gasteiger partial charge is 0.549 e. The van der Waals surface area contributed by atoms with Crippen LogP contribution in [0.25, 0.3) is 0 Å². The quantitative estimate of drug-likeness (QED) is 0.338. The van der Waals surface area contributed by atoms with Crippen molar-refractivity contribution in [3.63, 3.8) is 0 Å². The molecule has 4 nitrogen and oxygen atoms in total. The fourth-order valence-corrected chi connectivity index (χ4v) is 1.44. The number of hydrogen-bond donors (Lipinski definition) is 0. The van der Waals surface area contributed by atoms with Crippen molar-refractivity contribution in [2.24, 2.45) is 11.3 Å². The Morgan fingerprint density at radius 3 is 1.60 bits per heavy atom. The van der Waals surface area contributed by atoms with Gasteiger partial charge in [-0.05, 0) is 12.3 Å². The molecule has 0 saturated carbocycles. The SMILES string of the molecule is CCCC(C(=O)[O-])(C(=O)[O-])C(C)C.[Li+].[Na+]. The Kier molecular flexibility index (Phi) is 12.1. The molecule has 0 aliphatic carbocycles. The molecule has 0 aromatic carbocycles. The molecule has 0 radical (unpaired) electrons. The standard InChI is InChI=1S/C9H16O4.Li.Na/c1-4-5-9(6(2)3,7(10)11)8(12)13;;/h6H,4-5H2,1-3H3,(H,10,11)(H,12,13);;/q;2*+1/p-2. The van der Waals surface area contributed by atoms with Gasteiger partial charge >= 0.3 is 48.4 Å². The summed E-state index contributed by atoms with van der Waals surface area (Å²) in [7, 11) is 0. The number of carbonyl (C=O) groups is 2. The summed E-state index contributed by atoms with van der Waals surface area (Å²) >= 11 is 0. The minimum atomic E-state index is -1.84. The van der Waals surface area contributed by atoms with Gasteiger partial charge < -0.3 is 19.8 Å². The molecule has 0 rings (SSSR count). The molecule has 76 valence electrons. The van der Waals surface area contributed by atoms with Gasteiger partial charge in [0.2, 0.25) is 0 Å². The van der Waals surface area contributed by atoms with Crippen molar-refractivity contribution in [2.45, 2.75) is 33.6 Å². The van der Waals surface area contributed by atoms with Crippen LogP contribution < -0.4 is 58.6 Å². The van der Waals surface area contributed by atoms with Gasteiger partial charge in [0.05, 0.1) is 17.4 Å². The van der Waals surface area contributed by atoms with E-state index in [1.165, 1.54) is 0 Å². The van der Waals surface area contributed by atoms with Gasteiger partial charge in [0.25, 0.3) is 0 Å². The predicted octanol–water partition coefficient (Wildman–Crippen LogP) is -7.06. The van der Waals surface area contributed by atoms with Crippen molar-refractivity contribution in [3.05, 3.63) is 0 Å². The molecule has 0 unspecified atom stereocenters. The summed E-state index contributed by atoms with van der Waals surface area (Å²) in [4.78, 5) is 21.5. The summed E-state index contributed by atoms with van der Waals surface area (Å²) in [5.74, 6) is -3.63. The molecule has 0 spiro atoms. The Bertz CT molecular complexity index is 204. The van der Waals surface area contributed by atoms with Gasteiger partial charge in [0.1, 0.15) is 0 Å². The molecule has 0 aromatic heterocycles. The van der Waals surface area contributed by atoms with E-state index >= 15 is 0 Å². The first-order valence-electron chi connectivity index (χ1n) is 4.32. The number of hydrogen-bond acceptors (Lipinski definition) is 4. The average molecular weight is 216 g/mol. The van der Waals surface area contributed by atoms with Gasteiger partial charge in [-0.3, -0.25) is 0 Å². The molecular weight excluding hydrogens is 202 g/mol. The van der Waals surface area contributed by atoms with Gasteiger partial charge in [-0.15, -0.1) is 0 Å². The van der Waals surface area contributed by atoms with Crippen LogP contribution in [0.15, 0.2) is 0 Å². The minimum Gasteiger partial charge on any atom is -0.549 e. The molecule has 0 amide bonds.